The highest BCUT2D eigenvalue weighted by Crippen LogP contribution is 2.40. The molecular formula is C16H21NOS. The maximum atomic E-state index is 9.66. The van der Waals surface area contributed by atoms with Gasteiger partial charge in [-0.2, -0.15) is 0 Å². The maximum Gasteiger partial charge on any atom is 0.103 e. The first-order valence-corrected chi connectivity index (χ1v) is 7.71. The van der Waals surface area contributed by atoms with Gasteiger partial charge in [-0.25, -0.2) is 4.98 Å². The van der Waals surface area contributed by atoms with Crippen LogP contribution in [0.25, 0.3) is 0 Å². The van der Waals surface area contributed by atoms with Crippen LogP contribution in [0.1, 0.15) is 56.0 Å². The third kappa shape index (κ3) is 2.58. The molecule has 1 atom stereocenters. The van der Waals surface area contributed by atoms with Crippen molar-refractivity contribution in [3.05, 3.63) is 52.0 Å². The molecule has 0 aliphatic heterocycles. The van der Waals surface area contributed by atoms with Crippen LogP contribution in [-0.2, 0) is 5.41 Å². The van der Waals surface area contributed by atoms with Crippen LogP contribution in [0.15, 0.2) is 35.7 Å². The van der Waals surface area contributed by atoms with Gasteiger partial charge in [-0.15, -0.1) is 11.3 Å². The number of hydrogen-bond donors (Lipinski definition) is 1. The molecule has 2 nitrogen and oxygen atoms in total. The highest BCUT2D eigenvalue weighted by atomic mass is 32.1. The van der Waals surface area contributed by atoms with E-state index in [9.17, 15) is 5.11 Å². The van der Waals surface area contributed by atoms with Gasteiger partial charge in [0.2, 0.25) is 0 Å². The van der Waals surface area contributed by atoms with Crippen LogP contribution in [0, 0.1) is 0 Å². The van der Waals surface area contributed by atoms with Crippen LogP contribution < -0.4 is 0 Å². The number of aliphatic hydroxyl groups excluding tert-OH is 1. The summed E-state index contributed by atoms with van der Waals surface area (Å²) in [6.45, 7) is 6.18. The minimum absolute atomic E-state index is 0.0287. The van der Waals surface area contributed by atoms with Crippen molar-refractivity contribution in [3.63, 3.8) is 0 Å². The van der Waals surface area contributed by atoms with Crippen molar-refractivity contribution in [3.8, 4) is 0 Å². The highest BCUT2D eigenvalue weighted by Gasteiger charge is 2.33. The van der Waals surface area contributed by atoms with E-state index in [1.165, 1.54) is 5.56 Å². The van der Waals surface area contributed by atoms with Crippen molar-refractivity contribution in [1.82, 2.24) is 4.98 Å². The number of hydrogen-bond acceptors (Lipinski definition) is 3. The first-order valence-electron chi connectivity index (χ1n) is 6.83. The molecule has 0 aliphatic rings. The Kier molecular flexibility index (Phi) is 4.38. The molecule has 3 heteroatoms. The predicted molar refractivity (Wildman–Crippen MR) is 80.6 cm³/mol. The summed E-state index contributed by atoms with van der Waals surface area (Å²) in [5.41, 5.74) is 2.06. The smallest absolute Gasteiger partial charge is 0.103 e. The quantitative estimate of drug-likeness (QED) is 0.882. The molecule has 0 radical (unpaired) electrons. The molecule has 2 aromatic rings. The summed E-state index contributed by atoms with van der Waals surface area (Å²) in [6, 6.07) is 10.6. The molecule has 1 aromatic heterocycles. The Morgan fingerprint density at radius 1 is 1.21 bits per heavy atom. The number of thiazole rings is 1. The largest absolute Gasteiger partial charge is 0.387 e. The van der Waals surface area contributed by atoms with E-state index >= 15 is 0 Å². The second-order valence-electron chi connectivity index (χ2n) is 4.91. The number of aliphatic hydroxyl groups is 1. The van der Waals surface area contributed by atoms with E-state index in [2.05, 4.69) is 43.1 Å². The zero-order valence-electron chi connectivity index (χ0n) is 11.8. The Morgan fingerprint density at radius 3 is 2.32 bits per heavy atom. The Hall–Kier alpha value is -1.19. The first-order chi connectivity index (χ1) is 9.14. The van der Waals surface area contributed by atoms with Crippen LogP contribution in [0.4, 0.5) is 0 Å². The molecule has 0 saturated heterocycles. The molecule has 0 spiro atoms. The molecule has 1 N–H and O–H groups in total. The van der Waals surface area contributed by atoms with Crippen LogP contribution in [0.5, 0.6) is 0 Å². The Morgan fingerprint density at radius 2 is 1.84 bits per heavy atom. The lowest BCUT2D eigenvalue weighted by Crippen LogP contribution is -2.26. The summed E-state index contributed by atoms with van der Waals surface area (Å²) in [7, 11) is 0. The average Bonchev–Trinajstić information content (AvgIpc) is 2.93. The molecular weight excluding hydrogens is 254 g/mol. The number of aromatic nitrogens is 1. The van der Waals surface area contributed by atoms with E-state index in [0.29, 0.717) is 0 Å². The van der Waals surface area contributed by atoms with Gasteiger partial charge in [0.1, 0.15) is 5.01 Å². The minimum atomic E-state index is -0.493. The van der Waals surface area contributed by atoms with Gasteiger partial charge in [0.15, 0.2) is 0 Å². The lowest BCUT2D eigenvalue weighted by atomic mass is 9.76. The summed E-state index contributed by atoms with van der Waals surface area (Å²) in [5, 5.41) is 12.7. The molecule has 0 saturated carbocycles. The first kappa shape index (κ1) is 14.2. The van der Waals surface area contributed by atoms with Gasteiger partial charge in [-0.1, -0.05) is 44.2 Å². The van der Waals surface area contributed by atoms with Crippen molar-refractivity contribution in [2.75, 3.05) is 0 Å². The van der Waals surface area contributed by atoms with Gasteiger partial charge in [-0.3, -0.25) is 0 Å². The second-order valence-corrected chi connectivity index (χ2v) is 5.77. The Balaban J connectivity index is 2.49. The van der Waals surface area contributed by atoms with Gasteiger partial charge in [0, 0.05) is 10.8 Å². The summed E-state index contributed by atoms with van der Waals surface area (Å²) < 4.78 is 0. The summed E-state index contributed by atoms with van der Waals surface area (Å²) >= 11 is 1.66. The molecule has 1 aromatic carbocycles. The van der Waals surface area contributed by atoms with E-state index in [1.54, 1.807) is 18.3 Å². The van der Waals surface area contributed by atoms with E-state index in [4.69, 9.17) is 0 Å². The SMILES string of the molecule is CCC(CC)(c1ccccc1)c1nc(C(C)O)cs1. The van der Waals surface area contributed by atoms with E-state index in [0.717, 1.165) is 23.5 Å². The third-order valence-corrected chi connectivity index (χ3v) is 4.96. The molecule has 102 valence electrons. The lowest BCUT2D eigenvalue weighted by Gasteiger charge is -2.30. The second kappa shape index (κ2) is 5.85. The van der Waals surface area contributed by atoms with Crippen molar-refractivity contribution in [2.45, 2.75) is 45.1 Å². The highest BCUT2D eigenvalue weighted by molar-refractivity contribution is 7.09. The van der Waals surface area contributed by atoms with Gasteiger partial charge in [-0.05, 0) is 25.3 Å². The molecule has 0 fully saturated rings. The molecule has 0 aliphatic carbocycles. The summed E-state index contributed by atoms with van der Waals surface area (Å²) in [6.07, 6.45) is 1.53. The standard InChI is InChI=1S/C16H21NOS/c1-4-16(5-2,13-9-7-6-8-10-13)15-17-14(11-19-15)12(3)18/h6-12,18H,4-5H2,1-3H3. The van der Waals surface area contributed by atoms with E-state index < -0.39 is 6.10 Å². The topological polar surface area (TPSA) is 33.1 Å². The zero-order chi connectivity index (χ0) is 13.9. The van der Waals surface area contributed by atoms with E-state index in [-0.39, 0.29) is 5.41 Å². The van der Waals surface area contributed by atoms with Crippen LogP contribution in [0.2, 0.25) is 0 Å². The van der Waals surface area contributed by atoms with E-state index in [1.807, 2.05) is 11.4 Å². The van der Waals surface area contributed by atoms with Crippen molar-refractivity contribution in [1.29, 1.82) is 0 Å². The fraction of sp³-hybridized carbons (Fsp3) is 0.438. The fourth-order valence-corrected chi connectivity index (χ4v) is 3.81. The lowest BCUT2D eigenvalue weighted by molar-refractivity contribution is 0.194. The number of nitrogens with zero attached hydrogens (tertiary/aromatic N) is 1. The number of benzene rings is 1. The summed E-state index contributed by atoms with van der Waals surface area (Å²) in [4.78, 5) is 4.67. The summed E-state index contributed by atoms with van der Waals surface area (Å²) in [5.74, 6) is 0. The molecule has 1 unspecified atom stereocenters. The number of rotatable bonds is 5. The molecule has 2 rings (SSSR count). The van der Waals surface area contributed by atoms with Gasteiger partial charge >= 0.3 is 0 Å². The maximum absolute atomic E-state index is 9.66. The monoisotopic (exact) mass is 275 g/mol. The van der Waals surface area contributed by atoms with Crippen molar-refractivity contribution >= 4 is 11.3 Å². The van der Waals surface area contributed by atoms with Crippen LogP contribution in [0.3, 0.4) is 0 Å². The Labute approximate surface area is 119 Å². The zero-order valence-corrected chi connectivity index (χ0v) is 12.6. The minimum Gasteiger partial charge on any atom is -0.387 e. The van der Waals surface area contributed by atoms with Gasteiger partial charge in [0.05, 0.1) is 11.8 Å². The third-order valence-electron chi connectivity index (χ3n) is 3.89. The van der Waals surface area contributed by atoms with Crippen LogP contribution in [-0.4, -0.2) is 10.1 Å². The van der Waals surface area contributed by atoms with Crippen LogP contribution >= 0.6 is 11.3 Å². The Bertz CT molecular complexity index is 515. The van der Waals surface area contributed by atoms with Crippen molar-refractivity contribution in [2.24, 2.45) is 0 Å². The average molecular weight is 275 g/mol. The normalized spacial score (nSPS) is 13.5. The fourth-order valence-electron chi connectivity index (χ4n) is 2.54. The molecule has 0 amide bonds. The molecule has 0 bridgehead atoms. The van der Waals surface area contributed by atoms with Gasteiger partial charge < -0.3 is 5.11 Å². The molecule has 19 heavy (non-hydrogen) atoms. The molecule has 1 heterocycles. The van der Waals surface area contributed by atoms with Gasteiger partial charge in [0.25, 0.3) is 0 Å². The predicted octanol–water partition coefficient (Wildman–Crippen LogP) is 4.30. The van der Waals surface area contributed by atoms with Crippen molar-refractivity contribution < 1.29 is 5.11 Å².